The fraction of sp³-hybridized carbons (Fsp3) is 0.933. The van der Waals surface area contributed by atoms with Crippen molar-refractivity contribution in [1.29, 1.82) is 0 Å². The van der Waals surface area contributed by atoms with Crippen molar-refractivity contribution in [1.82, 2.24) is 5.01 Å². The molecule has 7 heteroatoms. The topological polar surface area (TPSA) is 77.2 Å². The SMILES string of the molecule is CCOC(=O)[C@H]1CC[C@H](O/N=[N+](\[O-])N(CC)C(C)(C)C)CC1. The van der Waals surface area contributed by atoms with E-state index in [1.165, 1.54) is 0 Å². The van der Waals surface area contributed by atoms with Crippen LogP contribution >= 0.6 is 0 Å². The van der Waals surface area contributed by atoms with Crippen LogP contribution in [0.4, 0.5) is 0 Å². The van der Waals surface area contributed by atoms with E-state index in [1.54, 1.807) is 5.01 Å². The van der Waals surface area contributed by atoms with Gasteiger partial charge < -0.3 is 14.8 Å². The van der Waals surface area contributed by atoms with E-state index < -0.39 is 0 Å². The van der Waals surface area contributed by atoms with Crippen LogP contribution in [-0.2, 0) is 14.4 Å². The maximum absolute atomic E-state index is 12.0. The van der Waals surface area contributed by atoms with Gasteiger partial charge in [-0.05, 0) is 60.3 Å². The van der Waals surface area contributed by atoms with Crippen LogP contribution in [-0.4, -0.2) is 40.7 Å². The normalized spacial score (nSPS) is 23.0. The lowest BCUT2D eigenvalue weighted by molar-refractivity contribution is -0.725. The molecule has 1 saturated carbocycles. The van der Waals surface area contributed by atoms with Crippen LogP contribution in [0.5, 0.6) is 0 Å². The number of carbonyl (C=O) groups excluding carboxylic acids is 1. The molecule has 0 heterocycles. The Morgan fingerprint density at radius 3 is 2.32 bits per heavy atom. The molecule has 0 radical (unpaired) electrons. The van der Waals surface area contributed by atoms with Crippen molar-refractivity contribution in [2.45, 2.75) is 71.9 Å². The van der Waals surface area contributed by atoms with Crippen molar-refractivity contribution < 1.29 is 19.3 Å². The molecule has 1 fully saturated rings. The van der Waals surface area contributed by atoms with Crippen LogP contribution in [0.1, 0.15) is 60.3 Å². The summed E-state index contributed by atoms with van der Waals surface area (Å²) in [6, 6.07) is 0. The van der Waals surface area contributed by atoms with Crippen LogP contribution in [0.2, 0.25) is 0 Å². The summed E-state index contributed by atoms with van der Waals surface area (Å²) in [4.78, 5) is 17.5. The Labute approximate surface area is 132 Å². The Bertz CT molecular complexity index is 385. The largest absolute Gasteiger partial charge is 0.569 e. The summed E-state index contributed by atoms with van der Waals surface area (Å²) in [6.45, 7) is 10.5. The fourth-order valence-electron chi connectivity index (χ4n) is 2.67. The summed E-state index contributed by atoms with van der Waals surface area (Å²) in [5, 5.41) is 17.3. The van der Waals surface area contributed by atoms with E-state index in [0.717, 1.165) is 0 Å². The van der Waals surface area contributed by atoms with Gasteiger partial charge in [-0.1, -0.05) is 0 Å². The van der Waals surface area contributed by atoms with E-state index in [9.17, 15) is 10.0 Å². The highest BCUT2D eigenvalue weighted by Gasteiger charge is 2.30. The molecule has 0 N–H and O–H groups in total. The van der Waals surface area contributed by atoms with Gasteiger partial charge in [-0.25, -0.2) is 0 Å². The van der Waals surface area contributed by atoms with Crippen LogP contribution in [0.3, 0.4) is 0 Å². The second-order valence-electron chi connectivity index (χ2n) is 6.55. The highest BCUT2D eigenvalue weighted by atomic mass is 16.7. The minimum absolute atomic E-state index is 0.0510. The molecular weight excluding hydrogens is 286 g/mol. The quantitative estimate of drug-likeness (QED) is 0.326. The highest BCUT2D eigenvalue weighted by molar-refractivity contribution is 5.72. The summed E-state index contributed by atoms with van der Waals surface area (Å²) in [7, 11) is 0. The van der Waals surface area contributed by atoms with Crippen molar-refractivity contribution in [3.63, 3.8) is 0 Å². The lowest BCUT2D eigenvalue weighted by Gasteiger charge is -2.29. The zero-order chi connectivity index (χ0) is 16.8. The molecular formula is C15H29N3O4. The molecule has 22 heavy (non-hydrogen) atoms. The zero-order valence-corrected chi connectivity index (χ0v) is 14.4. The minimum atomic E-state index is -0.315. The van der Waals surface area contributed by atoms with Gasteiger partial charge in [-0.15, -0.1) is 5.01 Å². The first-order valence-electron chi connectivity index (χ1n) is 8.07. The zero-order valence-electron chi connectivity index (χ0n) is 14.4. The number of ether oxygens (including phenoxy) is 1. The van der Waals surface area contributed by atoms with Crippen LogP contribution in [0.25, 0.3) is 0 Å². The van der Waals surface area contributed by atoms with Crippen molar-refractivity contribution in [3.05, 3.63) is 5.21 Å². The predicted molar refractivity (Wildman–Crippen MR) is 81.7 cm³/mol. The van der Waals surface area contributed by atoms with Gasteiger partial charge >= 0.3 is 5.97 Å². The number of hydrogen-bond acceptors (Lipinski definition) is 5. The molecule has 0 atom stereocenters. The number of esters is 1. The van der Waals surface area contributed by atoms with Gasteiger partial charge in [-0.3, -0.25) is 4.79 Å². The van der Waals surface area contributed by atoms with E-state index in [1.807, 2.05) is 34.6 Å². The van der Waals surface area contributed by atoms with Crippen molar-refractivity contribution in [2.24, 2.45) is 11.2 Å². The first-order chi connectivity index (χ1) is 10.3. The molecule has 0 saturated heterocycles. The second kappa shape index (κ2) is 8.19. The van der Waals surface area contributed by atoms with Gasteiger partial charge in [0.1, 0.15) is 6.10 Å². The predicted octanol–water partition coefficient (Wildman–Crippen LogP) is 3.04. The van der Waals surface area contributed by atoms with E-state index in [-0.39, 0.29) is 23.5 Å². The first-order valence-corrected chi connectivity index (χ1v) is 8.07. The van der Waals surface area contributed by atoms with E-state index in [2.05, 4.69) is 5.28 Å². The number of carbonyl (C=O) groups is 1. The Morgan fingerprint density at radius 1 is 1.27 bits per heavy atom. The summed E-state index contributed by atoms with van der Waals surface area (Å²) in [6.07, 6.45) is 2.74. The van der Waals surface area contributed by atoms with Gasteiger partial charge in [0.25, 0.3) is 0 Å². The summed E-state index contributed by atoms with van der Waals surface area (Å²) in [5.74, 6) is -0.182. The molecule has 1 aliphatic rings. The Kier molecular flexibility index (Phi) is 6.90. The molecule has 7 nitrogen and oxygen atoms in total. The second-order valence-corrected chi connectivity index (χ2v) is 6.55. The van der Waals surface area contributed by atoms with E-state index in [0.29, 0.717) is 43.8 Å². The number of hydrazine groups is 1. The molecule has 1 aliphatic carbocycles. The van der Waals surface area contributed by atoms with Crippen LogP contribution in [0.15, 0.2) is 5.28 Å². The smallest absolute Gasteiger partial charge is 0.308 e. The summed E-state index contributed by atoms with van der Waals surface area (Å²) in [5.41, 5.74) is -0.315. The summed E-state index contributed by atoms with van der Waals surface area (Å²) < 4.78 is 5.03. The molecule has 0 bridgehead atoms. The summed E-state index contributed by atoms with van der Waals surface area (Å²) >= 11 is 0. The van der Waals surface area contributed by atoms with Crippen molar-refractivity contribution in [2.75, 3.05) is 13.2 Å². The lowest BCUT2D eigenvalue weighted by atomic mass is 9.87. The maximum Gasteiger partial charge on any atom is 0.308 e. The van der Waals surface area contributed by atoms with E-state index >= 15 is 0 Å². The van der Waals surface area contributed by atoms with Crippen molar-refractivity contribution >= 4 is 5.97 Å². The van der Waals surface area contributed by atoms with Gasteiger partial charge in [0.05, 0.1) is 29.6 Å². The number of nitrogens with zero attached hydrogens (tertiary/aromatic N) is 3. The molecule has 1 rings (SSSR count). The number of hydrogen-bond donors (Lipinski definition) is 0. The first kappa shape index (κ1) is 18.5. The van der Waals surface area contributed by atoms with Crippen LogP contribution in [0, 0.1) is 11.1 Å². The molecule has 0 aromatic rings. The maximum atomic E-state index is 12.0. The molecule has 0 amide bonds. The molecule has 0 aromatic carbocycles. The van der Waals surface area contributed by atoms with Gasteiger partial charge in [0, 0.05) is 0 Å². The standard InChI is InChI=1S/C15H29N3O4/c1-6-17(15(3,4)5)18(20)16-22-13-10-8-12(9-11-13)14(19)21-7-2/h12-13H,6-11H2,1-5H3/b18-16-/t12-,13-. The van der Waals surface area contributed by atoms with E-state index in [4.69, 9.17) is 9.57 Å². The Hall–Kier alpha value is -1.53. The molecule has 0 spiro atoms. The van der Waals surface area contributed by atoms with Gasteiger partial charge in [-0.2, -0.15) is 0 Å². The highest BCUT2D eigenvalue weighted by Crippen LogP contribution is 2.27. The molecule has 128 valence electrons. The lowest BCUT2D eigenvalue weighted by Crippen LogP contribution is -2.45. The van der Waals surface area contributed by atoms with Gasteiger partial charge in [0.15, 0.2) is 0 Å². The minimum Gasteiger partial charge on any atom is -0.569 e. The van der Waals surface area contributed by atoms with Crippen LogP contribution < -0.4 is 0 Å². The monoisotopic (exact) mass is 315 g/mol. The third-order valence-electron chi connectivity index (χ3n) is 3.84. The van der Waals surface area contributed by atoms with Gasteiger partial charge in [0.2, 0.25) is 5.28 Å². The fourth-order valence-corrected chi connectivity index (χ4v) is 2.67. The molecule has 0 unspecified atom stereocenters. The average molecular weight is 315 g/mol. The molecule has 0 aromatic heterocycles. The third-order valence-corrected chi connectivity index (χ3v) is 3.84. The van der Waals surface area contributed by atoms with Crippen molar-refractivity contribution in [3.8, 4) is 0 Å². The number of rotatable bonds is 6. The average Bonchev–Trinajstić information content (AvgIpc) is 2.45. The third kappa shape index (κ3) is 5.35. The molecule has 0 aliphatic heterocycles. The Morgan fingerprint density at radius 2 is 1.86 bits per heavy atom. The Balaban J connectivity index is 2.47.